The summed E-state index contributed by atoms with van der Waals surface area (Å²) in [6, 6.07) is 17.0. The van der Waals surface area contributed by atoms with Crippen LogP contribution in [-0.2, 0) is 6.61 Å². The van der Waals surface area contributed by atoms with Crippen LogP contribution < -0.4 is 9.64 Å². The Morgan fingerprint density at radius 3 is 2.85 bits per heavy atom. The van der Waals surface area contributed by atoms with E-state index >= 15 is 0 Å². The summed E-state index contributed by atoms with van der Waals surface area (Å²) in [4.78, 5) is 7.40. The van der Waals surface area contributed by atoms with Gasteiger partial charge in [-0.15, -0.1) is 0 Å². The molecule has 0 radical (unpaired) electrons. The number of aryl methyl sites for hydroxylation is 2. The highest BCUT2D eigenvalue weighted by atomic mass is 16.5. The molecular formula is C24H28N2O. The topological polar surface area (TPSA) is 25.4 Å². The minimum absolute atomic E-state index is 0.569. The van der Waals surface area contributed by atoms with Gasteiger partial charge in [0.25, 0.3) is 0 Å². The Kier molecular flexibility index (Phi) is 5.02. The van der Waals surface area contributed by atoms with E-state index in [-0.39, 0.29) is 0 Å². The number of piperidine rings is 1. The van der Waals surface area contributed by atoms with Gasteiger partial charge in [0, 0.05) is 18.5 Å². The molecule has 3 aromatic rings. The summed E-state index contributed by atoms with van der Waals surface area (Å²) in [6.45, 7) is 9.33. The fourth-order valence-electron chi connectivity index (χ4n) is 3.91. The van der Waals surface area contributed by atoms with E-state index in [0.717, 1.165) is 41.5 Å². The van der Waals surface area contributed by atoms with Gasteiger partial charge in [-0.3, -0.25) is 0 Å². The van der Waals surface area contributed by atoms with Crippen LogP contribution in [0.3, 0.4) is 0 Å². The molecule has 2 heterocycles. The largest absolute Gasteiger partial charge is 0.487 e. The molecule has 27 heavy (non-hydrogen) atoms. The van der Waals surface area contributed by atoms with Crippen LogP contribution in [0.15, 0.2) is 48.5 Å². The second-order valence-corrected chi connectivity index (χ2v) is 7.91. The number of hydrogen-bond acceptors (Lipinski definition) is 3. The van der Waals surface area contributed by atoms with E-state index in [1.165, 1.54) is 29.5 Å². The molecule has 0 N–H and O–H groups in total. The molecule has 1 atom stereocenters. The minimum Gasteiger partial charge on any atom is -0.487 e. The van der Waals surface area contributed by atoms with Crippen LogP contribution in [0.4, 0.5) is 5.82 Å². The SMILES string of the molecule is Cc1ccc(C)c(COc2cccc3ccc(N4CCC[C@@H](C)C4)nc23)c1. The van der Waals surface area contributed by atoms with E-state index in [0.29, 0.717) is 6.61 Å². The predicted molar refractivity (Wildman–Crippen MR) is 113 cm³/mol. The summed E-state index contributed by atoms with van der Waals surface area (Å²) < 4.78 is 6.22. The molecule has 0 spiro atoms. The van der Waals surface area contributed by atoms with Crippen molar-refractivity contribution in [2.75, 3.05) is 18.0 Å². The number of fused-ring (bicyclic) bond motifs is 1. The van der Waals surface area contributed by atoms with Crippen molar-refractivity contribution in [3.8, 4) is 5.75 Å². The van der Waals surface area contributed by atoms with Crippen molar-refractivity contribution in [3.63, 3.8) is 0 Å². The maximum absolute atomic E-state index is 6.22. The fourth-order valence-corrected chi connectivity index (χ4v) is 3.91. The van der Waals surface area contributed by atoms with Crippen LogP contribution >= 0.6 is 0 Å². The first-order valence-corrected chi connectivity index (χ1v) is 9.94. The van der Waals surface area contributed by atoms with Crippen molar-refractivity contribution in [2.24, 2.45) is 5.92 Å². The summed E-state index contributed by atoms with van der Waals surface area (Å²) in [5.74, 6) is 2.66. The lowest BCUT2D eigenvalue weighted by Crippen LogP contribution is -2.34. The van der Waals surface area contributed by atoms with Gasteiger partial charge in [-0.05, 0) is 61.9 Å². The highest BCUT2D eigenvalue weighted by Crippen LogP contribution is 2.29. The quantitative estimate of drug-likeness (QED) is 0.600. The lowest BCUT2D eigenvalue weighted by molar-refractivity contribution is 0.308. The van der Waals surface area contributed by atoms with Gasteiger partial charge in [0.15, 0.2) is 0 Å². The van der Waals surface area contributed by atoms with Gasteiger partial charge < -0.3 is 9.64 Å². The van der Waals surface area contributed by atoms with Gasteiger partial charge in [-0.2, -0.15) is 0 Å². The number of hydrogen-bond donors (Lipinski definition) is 0. The zero-order valence-electron chi connectivity index (χ0n) is 16.5. The summed E-state index contributed by atoms with van der Waals surface area (Å²) in [6.07, 6.45) is 2.56. The molecule has 4 rings (SSSR count). The highest BCUT2D eigenvalue weighted by molar-refractivity contribution is 5.86. The van der Waals surface area contributed by atoms with Crippen molar-refractivity contribution in [2.45, 2.75) is 40.2 Å². The van der Waals surface area contributed by atoms with Crippen molar-refractivity contribution < 1.29 is 4.74 Å². The van der Waals surface area contributed by atoms with Crippen LogP contribution in [0.2, 0.25) is 0 Å². The lowest BCUT2D eigenvalue weighted by Gasteiger charge is -2.32. The van der Waals surface area contributed by atoms with E-state index in [9.17, 15) is 0 Å². The third kappa shape index (κ3) is 3.92. The molecule has 2 aromatic carbocycles. The first-order chi connectivity index (χ1) is 13.1. The molecule has 0 amide bonds. The monoisotopic (exact) mass is 360 g/mol. The minimum atomic E-state index is 0.569. The molecule has 1 saturated heterocycles. The third-order valence-electron chi connectivity index (χ3n) is 5.54. The maximum atomic E-state index is 6.22. The van der Waals surface area contributed by atoms with Gasteiger partial charge in [-0.1, -0.05) is 42.8 Å². The van der Waals surface area contributed by atoms with Crippen LogP contribution in [0.25, 0.3) is 10.9 Å². The number of benzene rings is 2. The Hall–Kier alpha value is -2.55. The van der Waals surface area contributed by atoms with Gasteiger partial charge in [-0.25, -0.2) is 4.98 Å². The molecule has 1 aliphatic heterocycles. The molecular weight excluding hydrogens is 332 g/mol. The Morgan fingerprint density at radius 1 is 1.11 bits per heavy atom. The Morgan fingerprint density at radius 2 is 2.00 bits per heavy atom. The van der Waals surface area contributed by atoms with Crippen molar-refractivity contribution in [3.05, 3.63) is 65.2 Å². The molecule has 3 nitrogen and oxygen atoms in total. The van der Waals surface area contributed by atoms with Crippen LogP contribution in [-0.4, -0.2) is 18.1 Å². The molecule has 1 fully saturated rings. The van der Waals surface area contributed by atoms with E-state index in [1.54, 1.807) is 0 Å². The van der Waals surface area contributed by atoms with Crippen LogP contribution in [0, 0.1) is 19.8 Å². The molecule has 1 aromatic heterocycles. The molecule has 0 saturated carbocycles. The highest BCUT2D eigenvalue weighted by Gasteiger charge is 2.18. The number of anilines is 1. The van der Waals surface area contributed by atoms with Gasteiger partial charge in [0.05, 0.1) is 0 Å². The van der Waals surface area contributed by atoms with Gasteiger partial charge >= 0.3 is 0 Å². The van der Waals surface area contributed by atoms with Crippen LogP contribution in [0.1, 0.15) is 36.5 Å². The van der Waals surface area contributed by atoms with Crippen molar-refractivity contribution in [1.82, 2.24) is 4.98 Å². The first kappa shape index (κ1) is 17.8. The molecule has 1 aliphatic rings. The van der Waals surface area contributed by atoms with Gasteiger partial charge in [0.1, 0.15) is 23.7 Å². The number of aromatic nitrogens is 1. The summed E-state index contributed by atoms with van der Waals surface area (Å²) in [5.41, 5.74) is 4.71. The average molecular weight is 361 g/mol. The maximum Gasteiger partial charge on any atom is 0.146 e. The second-order valence-electron chi connectivity index (χ2n) is 7.91. The average Bonchev–Trinajstić information content (AvgIpc) is 2.68. The van der Waals surface area contributed by atoms with Crippen LogP contribution in [0.5, 0.6) is 5.75 Å². The van der Waals surface area contributed by atoms with Crippen molar-refractivity contribution >= 4 is 16.7 Å². The Bertz CT molecular complexity index is 950. The summed E-state index contributed by atoms with van der Waals surface area (Å²) in [7, 11) is 0. The van der Waals surface area contributed by atoms with E-state index in [1.807, 2.05) is 12.1 Å². The summed E-state index contributed by atoms with van der Waals surface area (Å²) in [5, 5.41) is 1.13. The van der Waals surface area contributed by atoms with E-state index in [2.05, 4.69) is 62.1 Å². The molecule has 0 unspecified atom stereocenters. The van der Waals surface area contributed by atoms with E-state index < -0.39 is 0 Å². The normalized spacial score (nSPS) is 17.3. The molecule has 140 valence electrons. The number of rotatable bonds is 4. The predicted octanol–water partition coefficient (Wildman–Crippen LogP) is 5.67. The zero-order chi connectivity index (χ0) is 18.8. The number of nitrogens with zero attached hydrogens (tertiary/aromatic N) is 2. The third-order valence-corrected chi connectivity index (χ3v) is 5.54. The van der Waals surface area contributed by atoms with E-state index in [4.69, 9.17) is 9.72 Å². The standard InChI is InChI=1S/C24H28N2O/c1-17-9-10-19(3)21(14-17)16-27-22-8-4-7-20-11-12-23(25-24(20)22)26-13-5-6-18(2)15-26/h4,7-12,14,18H,5-6,13,15-16H2,1-3H3/t18-/m1/s1. The number of para-hydroxylation sites is 1. The smallest absolute Gasteiger partial charge is 0.146 e. The molecule has 0 bridgehead atoms. The lowest BCUT2D eigenvalue weighted by atomic mass is 10.0. The molecule has 0 aliphatic carbocycles. The van der Waals surface area contributed by atoms with Crippen molar-refractivity contribution in [1.29, 1.82) is 0 Å². The van der Waals surface area contributed by atoms with Gasteiger partial charge in [0.2, 0.25) is 0 Å². The first-order valence-electron chi connectivity index (χ1n) is 9.94. The zero-order valence-corrected chi connectivity index (χ0v) is 16.5. The summed E-state index contributed by atoms with van der Waals surface area (Å²) >= 11 is 0. The fraction of sp³-hybridized carbons (Fsp3) is 0.375. The second kappa shape index (κ2) is 7.59. The number of pyridine rings is 1. The molecule has 3 heteroatoms. The Balaban J connectivity index is 1.62. The number of ether oxygens (including phenoxy) is 1. The Labute approximate surface area is 162 Å².